The minimum absolute atomic E-state index is 0.161. The van der Waals surface area contributed by atoms with Crippen molar-refractivity contribution in [2.75, 3.05) is 24.2 Å². The van der Waals surface area contributed by atoms with E-state index in [1.165, 1.54) is 25.5 Å². The summed E-state index contributed by atoms with van der Waals surface area (Å²) in [5.74, 6) is -0.351. The second-order valence-electron chi connectivity index (χ2n) is 7.52. The van der Waals surface area contributed by atoms with Gasteiger partial charge in [0.1, 0.15) is 12.3 Å². The number of nitrogens with one attached hydrogen (secondary N) is 1. The van der Waals surface area contributed by atoms with Gasteiger partial charge in [0.25, 0.3) is 5.91 Å². The van der Waals surface area contributed by atoms with Crippen molar-refractivity contribution in [3.8, 4) is 11.4 Å². The Bertz CT molecular complexity index is 1350. The van der Waals surface area contributed by atoms with Crippen LogP contribution in [0.2, 0.25) is 5.02 Å². The third-order valence-electron chi connectivity index (χ3n) is 5.03. The summed E-state index contributed by atoms with van der Waals surface area (Å²) in [6.45, 7) is 3.43. The summed E-state index contributed by atoms with van der Waals surface area (Å²) in [5, 5.41) is 4.34. The van der Waals surface area contributed by atoms with Crippen LogP contribution in [0.4, 0.5) is 5.69 Å². The van der Waals surface area contributed by atoms with E-state index < -0.39 is 22.5 Å². The number of hydrogen-bond donors (Lipinski definition) is 1. The van der Waals surface area contributed by atoms with E-state index in [0.29, 0.717) is 5.02 Å². The fourth-order valence-electron chi connectivity index (χ4n) is 3.51. The molecular weight excluding hydrogens is 544 g/mol. The fraction of sp³-hybridized carbons (Fsp3) is 0.217. The van der Waals surface area contributed by atoms with E-state index in [-0.39, 0.29) is 11.4 Å². The minimum atomic E-state index is -3.81. The molecule has 0 atom stereocenters. The summed E-state index contributed by atoms with van der Waals surface area (Å²) in [5.41, 5.74) is 6.30. The first-order chi connectivity index (χ1) is 16.0. The maximum absolute atomic E-state index is 12.5. The number of sulfonamides is 1. The predicted molar refractivity (Wildman–Crippen MR) is 139 cm³/mol. The van der Waals surface area contributed by atoms with Gasteiger partial charge in [0.15, 0.2) is 0 Å². The number of rotatable bonds is 8. The average Bonchev–Trinajstić information content (AvgIpc) is 3.04. The van der Waals surface area contributed by atoms with Crippen molar-refractivity contribution in [3.05, 3.63) is 75.0 Å². The molecule has 1 amide bonds. The summed E-state index contributed by atoms with van der Waals surface area (Å²) < 4.78 is 34.0. The molecule has 0 spiro atoms. The lowest BCUT2D eigenvalue weighted by Crippen LogP contribution is -2.39. The molecule has 0 bridgehead atoms. The number of aryl methyl sites for hydroxylation is 1. The molecule has 34 heavy (non-hydrogen) atoms. The number of benzene rings is 2. The Morgan fingerprint density at radius 3 is 2.62 bits per heavy atom. The molecule has 0 unspecified atom stereocenters. The molecule has 0 aliphatic carbocycles. The smallest absolute Gasteiger partial charge is 0.260 e. The molecule has 3 aromatic rings. The molecule has 0 saturated heterocycles. The first-order valence-electron chi connectivity index (χ1n) is 10.1. The Morgan fingerprint density at radius 1 is 1.24 bits per heavy atom. The summed E-state index contributed by atoms with van der Waals surface area (Å²) >= 11 is 9.52. The van der Waals surface area contributed by atoms with Crippen LogP contribution in [-0.2, 0) is 14.8 Å². The highest BCUT2D eigenvalue weighted by Crippen LogP contribution is 2.32. The highest BCUT2D eigenvalue weighted by atomic mass is 79.9. The van der Waals surface area contributed by atoms with Gasteiger partial charge in [-0.25, -0.2) is 13.8 Å². The van der Waals surface area contributed by atoms with Crippen LogP contribution in [0.1, 0.15) is 17.0 Å². The minimum Gasteiger partial charge on any atom is -0.495 e. The molecule has 3 rings (SSSR count). The van der Waals surface area contributed by atoms with Crippen LogP contribution >= 0.6 is 27.5 Å². The number of amides is 1. The van der Waals surface area contributed by atoms with Crippen LogP contribution in [0.15, 0.2) is 58.1 Å². The Balaban J connectivity index is 1.78. The highest BCUT2D eigenvalue weighted by molar-refractivity contribution is 9.10. The number of methoxy groups -OCH3 is 1. The summed E-state index contributed by atoms with van der Waals surface area (Å²) in [7, 11) is -2.40. The lowest BCUT2D eigenvalue weighted by atomic mass is 10.2. The highest BCUT2D eigenvalue weighted by Gasteiger charge is 2.24. The summed E-state index contributed by atoms with van der Waals surface area (Å²) in [4.78, 5) is 12.5. The number of carbonyl (C=O) groups excluding carboxylic acids is 1. The molecule has 0 fully saturated rings. The summed E-state index contributed by atoms with van der Waals surface area (Å²) in [6, 6.07) is 14.4. The van der Waals surface area contributed by atoms with E-state index in [0.717, 1.165) is 37.7 Å². The standard InChI is InChI=1S/C23H24BrClN4O4S/c1-15-10-17(16(2)29(15)20-7-5-6-18(24)11-20)13-26-27-23(30)14-28(34(4,31)32)21-12-19(25)8-9-22(21)33-3/h5-13H,14H2,1-4H3,(H,27,30)/b26-13+. The third kappa shape index (κ3) is 5.99. The van der Waals surface area contributed by atoms with E-state index in [1.54, 1.807) is 6.07 Å². The maximum atomic E-state index is 12.5. The van der Waals surface area contributed by atoms with E-state index >= 15 is 0 Å². The molecule has 1 heterocycles. The number of ether oxygens (including phenoxy) is 1. The first kappa shape index (κ1) is 25.8. The van der Waals surface area contributed by atoms with Gasteiger partial charge < -0.3 is 9.30 Å². The number of halogens is 2. The predicted octanol–water partition coefficient (Wildman–Crippen LogP) is 4.43. The summed E-state index contributed by atoms with van der Waals surface area (Å²) in [6.07, 6.45) is 2.53. The van der Waals surface area contributed by atoms with Gasteiger partial charge in [0.2, 0.25) is 10.0 Å². The van der Waals surface area contributed by atoms with E-state index in [2.05, 4.69) is 31.0 Å². The van der Waals surface area contributed by atoms with Gasteiger partial charge in [-0.2, -0.15) is 5.10 Å². The number of anilines is 1. The first-order valence-corrected chi connectivity index (χ1v) is 13.1. The molecule has 2 aromatic carbocycles. The van der Waals surface area contributed by atoms with Crippen LogP contribution in [-0.4, -0.2) is 45.0 Å². The van der Waals surface area contributed by atoms with Gasteiger partial charge in [-0.3, -0.25) is 9.10 Å². The molecule has 180 valence electrons. The second kappa shape index (κ2) is 10.6. The monoisotopic (exact) mass is 566 g/mol. The van der Waals surface area contributed by atoms with Crippen molar-refractivity contribution >= 4 is 55.4 Å². The Morgan fingerprint density at radius 2 is 1.97 bits per heavy atom. The number of hydrazone groups is 1. The lowest BCUT2D eigenvalue weighted by molar-refractivity contribution is -0.119. The normalized spacial score (nSPS) is 11.6. The molecule has 0 saturated carbocycles. The Kier molecular flexibility index (Phi) is 8.06. The molecule has 0 aliphatic heterocycles. The van der Waals surface area contributed by atoms with Crippen LogP contribution < -0.4 is 14.5 Å². The van der Waals surface area contributed by atoms with Crippen LogP contribution in [0.3, 0.4) is 0 Å². The topological polar surface area (TPSA) is 93.0 Å². The van der Waals surface area contributed by atoms with Crippen molar-refractivity contribution in [2.45, 2.75) is 13.8 Å². The van der Waals surface area contributed by atoms with Gasteiger partial charge in [-0.15, -0.1) is 0 Å². The number of hydrogen-bond acceptors (Lipinski definition) is 5. The van der Waals surface area contributed by atoms with Crippen LogP contribution in [0, 0.1) is 13.8 Å². The van der Waals surface area contributed by atoms with Gasteiger partial charge in [0, 0.05) is 32.1 Å². The van der Waals surface area contributed by atoms with Crippen molar-refractivity contribution in [1.29, 1.82) is 0 Å². The van der Waals surface area contributed by atoms with Crippen LogP contribution in [0.25, 0.3) is 5.69 Å². The van der Waals surface area contributed by atoms with Gasteiger partial charge in [-0.1, -0.05) is 33.6 Å². The molecule has 1 aromatic heterocycles. The van der Waals surface area contributed by atoms with Crippen LogP contribution in [0.5, 0.6) is 5.75 Å². The zero-order valence-corrected chi connectivity index (χ0v) is 22.2. The van der Waals surface area contributed by atoms with Gasteiger partial charge >= 0.3 is 0 Å². The van der Waals surface area contributed by atoms with Gasteiger partial charge in [0.05, 0.1) is 25.3 Å². The molecular formula is C23H24BrClN4O4S. The van der Waals surface area contributed by atoms with Crippen molar-refractivity contribution in [3.63, 3.8) is 0 Å². The number of carbonyl (C=O) groups is 1. The second-order valence-corrected chi connectivity index (χ2v) is 10.8. The Hall–Kier alpha value is -2.82. The van der Waals surface area contributed by atoms with Gasteiger partial charge in [-0.05, 0) is 56.3 Å². The van der Waals surface area contributed by atoms with E-state index in [4.69, 9.17) is 16.3 Å². The maximum Gasteiger partial charge on any atom is 0.260 e. The average molecular weight is 568 g/mol. The zero-order chi connectivity index (χ0) is 25.0. The van der Waals surface area contributed by atoms with Crippen molar-refractivity contribution in [2.24, 2.45) is 5.10 Å². The number of aromatic nitrogens is 1. The van der Waals surface area contributed by atoms with Crippen molar-refractivity contribution in [1.82, 2.24) is 9.99 Å². The van der Waals surface area contributed by atoms with Crippen molar-refractivity contribution < 1.29 is 17.9 Å². The zero-order valence-electron chi connectivity index (χ0n) is 19.0. The van der Waals surface area contributed by atoms with E-state index in [1.807, 2.05) is 44.2 Å². The molecule has 0 aliphatic rings. The molecule has 0 radical (unpaired) electrons. The third-order valence-corrected chi connectivity index (χ3v) is 6.88. The SMILES string of the molecule is COc1ccc(Cl)cc1N(CC(=O)N/N=C/c1cc(C)n(-c2cccc(Br)c2)c1C)S(C)(=O)=O. The quantitative estimate of drug-likeness (QED) is 0.322. The largest absolute Gasteiger partial charge is 0.495 e. The molecule has 1 N–H and O–H groups in total. The lowest BCUT2D eigenvalue weighted by Gasteiger charge is -2.23. The molecule has 8 nitrogen and oxygen atoms in total. The van der Waals surface area contributed by atoms with E-state index in [9.17, 15) is 13.2 Å². The number of nitrogens with zero attached hydrogens (tertiary/aromatic N) is 3. The molecule has 11 heteroatoms. The fourth-order valence-corrected chi connectivity index (χ4v) is 4.91. The Labute approximate surface area is 212 Å².